The monoisotopic (exact) mass is 276 g/mol. The summed E-state index contributed by atoms with van der Waals surface area (Å²) < 4.78 is 0. The van der Waals surface area contributed by atoms with E-state index in [1.807, 2.05) is 7.05 Å². The zero-order chi connectivity index (χ0) is 12.7. The highest BCUT2D eigenvalue weighted by molar-refractivity contribution is 5.85. The van der Waals surface area contributed by atoms with Gasteiger partial charge in [-0.2, -0.15) is 0 Å². The van der Waals surface area contributed by atoms with Crippen molar-refractivity contribution in [1.29, 1.82) is 0 Å². The first-order chi connectivity index (χ1) is 8.22. The SMILES string of the molecule is CCCCC(CC)C(=O)N1CCCC(NC)C1.Cl. The number of amides is 1. The summed E-state index contributed by atoms with van der Waals surface area (Å²) in [6, 6.07) is 0.497. The first-order valence-electron chi connectivity index (χ1n) is 7.18. The molecule has 1 amide bonds. The highest BCUT2D eigenvalue weighted by Crippen LogP contribution is 2.19. The van der Waals surface area contributed by atoms with Gasteiger partial charge >= 0.3 is 0 Å². The summed E-state index contributed by atoms with van der Waals surface area (Å²) in [5, 5.41) is 3.29. The normalized spacial score (nSPS) is 21.3. The van der Waals surface area contributed by atoms with E-state index in [0.29, 0.717) is 11.9 Å². The smallest absolute Gasteiger partial charge is 0.225 e. The van der Waals surface area contributed by atoms with E-state index in [9.17, 15) is 4.79 Å². The van der Waals surface area contributed by atoms with Gasteiger partial charge in [-0.15, -0.1) is 12.4 Å². The third-order valence-electron chi connectivity index (χ3n) is 3.89. The van der Waals surface area contributed by atoms with Crippen LogP contribution in [0.5, 0.6) is 0 Å². The number of carbonyl (C=O) groups is 1. The lowest BCUT2D eigenvalue weighted by Gasteiger charge is -2.34. The van der Waals surface area contributed by atoms with Gasteiger partial charge < -0.3 is 10.2 Å². The van der Waals surface area contributed by atoms with Gasteiger partial charge in [0.05, 0.1) is 0 Å². The number of likely N-dealkylation sites (tertiary alicyclic amines) is 1. The fraction of sp³-hybridized carbons (Fsp3) is 0.929. The van der Waals surface area contributed by atoms with Crippen LogP contribution in [0.2, 0.25) is 0 Å². The second-order valence-corrected chi connectivity index (χ2v) is 5.16. The molecule has 1 aliphatic rings. The van der Waals surface area contributed by atoms with Crippen LogP contribution in [0.4, 0.5) is 0 Å². The highest BCUT2D eigenvalue weighted by Gasteiger charge is 2.26. The van der Waals surface area contributed by atoms with E-state index < -0.39 is 0 Å². The van der Waals surface area contributed by atoms with Gasteiger partial charge in [0.15, 0.2) is 0 Å². The Hall–Kier alpha value is -0.280. The number of unbranched alkanes of at least 4 members (excludes halogenated alkanes) is 1. The summed E-state index contributed by atoms with van der Waals surface area (Å²) >= 11 is 0. The van der Waals surface area contributed by atoms with Crippen LogP contribution in [0, 0.1) is 5.92 Å². The first-order valence-corrected chi connectivity index (χ1v) is 7.18. The second-order valence-electron chi connectivity index (χ2n) is 5.16. The van der Waals surface area contributed by atoms with Gasteiger partial charge in [-0.3, -0.25) is 4.79 Å². The van der Waals surface area contributed by atoms with Crippen molar-refractivity contribution in [1.82, 2.24) is 10.2 Å². The van der Waals surface area contributed by atoms with E-state index in [-0.39, 0.29) is 18.3 Å². The maximum absolute atomic E-state index is 12.4. The number of likely N-dealkylation sites (N-methyl/N-ethyl adjacent to an activating group) is 1. The number of nitrogens with zero attached hydrogens (tertiary/aromatic N) is 1. The third-order valence-corrected chi connectivity index (χ3v) is 3.89. The van der Waals surface area contributed by atoms with Gasteiger partial charge in [-0.05, 0) is 32.7 Å². The molecule has 0 spiro atoms. The lowest BCUT2D eigenvalue weighted by Crippen LogP contribution is -2.48. The fourth-order valence-electron chi connectivity index (χ4n) is 2.62. The van der Waals surface area contributed by atoms with Crippen molar-refractivity contribution in [3.8, 4) is 0 Å². The summed E-state index contributed by atoms with van der Waals surface area (Å²) in [6.45, 7) is 6.18. The largest absolute Gasteiger partial charge is 0.341 e. The van der Waals surface area contributed by atoms with Crippen LogP contribution in [0.25, 0.3) is 0 Å². The van der Waals surface area contributed by atoms with Crippen LogP contribution in [0.15, 0.2) is 0 Å². The molecule has 1 fully saturated rings. The molecular formula is C14H29ClN2O. The molecule has 18 heavy (non-hydrogen) atoms. The topological polar surface area (TPSA) is 32.3 Å². The van der Waals surface area contributed by atoms with E-state index >= 15 is 0 Å². The number of halogens is 1. The number of hydrogen-bond acceptors (Lipinski definition) is 2. The summed E-state index contributed by atoms with van der Waals surface area (Å²) in [7, 11) is 1.99. The van der Waals surface area contributed by atoms with Crippen molar-refractivity contribution in [2.24, 2.45) is 5.92 Å². The van der Waals surface area contributed by atoms with Gasteiger partial charge in [0.2, 0.25) is 5.91 Å². The van der Waals surface area contributed by atoms with Crippen molar-refractivity contribution >= 4 is 18.3 Å². The van der Waals surface area contributed by atoms with E-state index in [0.717, 1.165) is 32.4 Å². The third kappa shape index (κ3) is 5.15. The molecule has 1 N–H and O–H groups in total. The van der Waals surface area contributed by atoms with Crippen LogP contribution in [0.1, 0.15) is 52.4 Å². The van der Waals surface area contributed by atoms with Crippen LogP contribution in [0.3, 0.4) is 0 Å². The molecule has 0 bridgehead atoms. The van der Waals surface area contributed by atoms with Crippen molar-refractivity contribution in [3.63, 3.8) is 0 Å². The van der Waals surface area contributed by atoms with Crippen LogP contribution < -0.4 is 5.32 Å². The maximum atomic E-state index is 12.4. The molecule has 0 saturated carbocycles. The van der Waals surface area contributed by atoms with E-state index in [2.05, 4.69) is 24.1 Å². The number of rotatable bonds is 6. The predicted molar refractivity (Wildman–Crippen MR) is 79.2 cm³/mol. The minimum Gasteiger partial charge on any atom is -0.341 e. The zero-order valence-corrected chi connectivity index (χ0v) is 12.9. The molecular weight excluding hydrogens is 248 g/mol. The van der Waals surface area contributed by atoms with Gasteiger partial charge in [0.1, 0.15) is 0 Å². The molecule has 0 aromatic carbocycles. The number of nitrogens with one attached hydrogen (secondary N) is 1. The fourth-order valence-corrected chi connectivity index (χ4v) is 2.62. The Bertz CT molecular complexity index is 236. The minimum atomic E-state index is 0. The van der Waals surface area contributed by atoms with Crippen molar-refractivity contribution < 1.29 is 4.79 Å². The Morgan fingerprint density at radius 1 is 1.44 bits per heavy atom. The van der Waals surface area contributed by atoms with Crippen LogP contribution in [-0.2, 0) is 4.79 Å². The molecule has 1 aliphatic heterocycles. The average molecular weight is 277 g/mol. The van der Waals surface area contributed by atoms with E-state index in [1.54, 1.807) is 0 Å². The maximum Gasteiger partial charge on any atom is 0.225 e. The van der Waals surface area contributed by atoms with Gasteiger partial charge in [0.25, 0.3) is 0 Å². The first kappa shape index (κ1) is 17.7. The number of piperidine rings is 1. The molecule has 4 heteroatoms. The number of carbonyl (C=O) groups excluding carboxylic acids is 1. The van der Waals surface area contributed by atoms with Crippen molar-refractivity contribution in [2.45, 2.75) is 58.4 Å². The van der Waals surface area contributed by atoms with Gasteiger partial charge in [0, 0.05) is 25.0 Å². The Kier molecular flexibility index (Phi) is 9.47. The molecule has 0 aromatic heterocycles. The lowest BCUT2D eigenvalue weighted by atomic mass is 9.96. The summed E-state index contributed by atoms with van der Waals surface area (Å²) in [5.74, 6) is 0.645. The lowest BCUT2D eigenvalue weighted by molar-refractivity contribution is -0.137. The molecule has 0 aromatic rings. The molecule has 2 atom stereocenters. The Balaban J connectivity index is 0.00000289. The Morgan fingerprint density at radius 3 is 2.72 bits per heavy atom. The molecule has 0 radical (unpaired) electrons. The van der Waals surface area contributed by atoms with Crippen LogP contribution in [-0.4, -0.2) is 37.0 Å². The predicted octanol–water partition coefficient (Wildman–Crippen LogP) is 2.84. The Morgan fingerprint density at radius 2 is 2.17 bits per heavy atom. The zero-order valence-electron chi connectivity index (χ0n) is 12.1. The molecule has 3 nitrogen and oxygen atoms in total. The molecule has 1 saturated heterocycles. The molecule has 108 valence electrons. The van der Waals surface area contributed by atoms with Crippen LogP contribution >= 0.6 is 12.4 Å². The summed E-state index contributed by atoms with van der Waals surface area (Å²) in [5.41, 5.74) is 0. The summed E-state index contributed by atoms with van der Waals surface area (Å²) in [6.07, 6.45) is 6.75. The molecule has 2 unspecified atom stereocenters. The Labute approximate surface area is 118 Å². The van der Waals surface area contributed by atoms with Crippen molar-refractivity contribution in [2.75, 3.05) is 20.1 Å². The van der Waals surface area contributed by atoms with E-state index in [1.165, 1.54) is 19.3 Å². The molecule has 1 heterocycles. The minimum absolute atomic E-state index is 0. The summed E-state index contributed by atoms with van der Waals surface area (Å²) in [4.78, 5) is 14.5. The highest BCUT2D eigenvalue weighted by atomic mass is 35.5. The number of hydrogen-bond donors (Lipinski definition) is 1. The average Bonchev–Trinajstić information content (AvgIpc) is 2.39. The second kappa shape index (κ2) is 9.62. The standard InChI is InChI=1S/C14H28N2O.ClH/c1-4-6-8-12(5-2)14(17)16-10-7-9-13(11-16)15-3;/h12-13,15H,4-11H2,1-3H3;1H. The van der Waals surface area contributed by atoms with Gasteiger partial charge in [-0.1, -0.05) is 26.7 Å². The van der Waals surface area contributed by atoms with Crippen molar-refractivity contribution in [3.05, 3.63) is 0 Å². The van der Waals surface area contributed by atoms with Gasteiger partial charge in [-0.25, -0.2) is 0 Å². The quantitative estimate of drug-likeness (QED) is 0.809. The molecule has 0 aliphatic carbocycles. The molecule has 1 rings (SSSR count). The van der Waals surface area contributed by atoms with E-state index in [4.69, 9.17) is 0 Å².